The lowest BCUT2D eigenvalue weighted by molar-refractivity contribution is 0.0731. The minimum atomic E-state index is -0.355. The summed E-state index contributed by atoms with van der Waals surface area (Å²) in [7, 11) is 0. The standard InChI is InChI=1S/C23H21ClFN5O3/c24-20-17(2-1-8-26-20)22(31)30-9-7-19-18(14-30)21(33-16-5-3-15(25)4-6-16)28-23(27-19)29-10-12-32-13-11-29/h1-6,8H,7,9-14H2. The lowest BCUT2D eigenvalue weighted by atomic mass is 10.1. The molecular weight excluding hydrogens is 449 g/mol. The van der Waals surface area contributed by atoms with Gasteiger partial charge in [0.1, 0.15) is 16.7 Å². The van der Waals surface area contributed by atoms with Gasteiger partial charge in [0.25, 0.3) is 5.91 Å². The molecular formula is C23H21ClFN5O3. The Balaban J connectivity index is 1.49. The van der Waals surface area contributed by atoms with Gasteiger partial charge in [-0.05, 0) is 36.4 Å². The maximum atomic E-state index is 13.4. The zero-order chi connectivity index (χ0) is 22.8. The van der Waals surface area contributed by atoms with E-state index in [2.05, 4.69) is 9.97 Å². The smallest absolute Gasteiger partial charge is 0.257 e. The van der Waals surface area contributed by atoms with E-state index in [1.165, 1.54) is 12.1 Å². The maximum absolute atomic E-state index is 13.4. The van der Waals surface area contributed by atoms with Crippen LogP contribution in [-0.4, -0.2) is 58.6 Å². The number of carbonyl (C=O) groups is 1. The highest BCUT2D eigenvalue weighted by Crippen LogP contribution is 2.32. The van der Waals surface area contributed by atoms with Crippen molar-refractivity contribution in [3.63, 3.8) is 0 Å². The minimum Gasteiger partial charge on any atom is -0.438 e. The third kappa shape index (κ3) is 4.60. The minimum absolute atomic E-state index is 0.162. The van der Waals surface area contributed by atoms with Gasteiger partial charge in [-0.2, -0.15) is 4.98 Å². The van der Waals surface area contributed by atoms with Crippen LogP contribution < -0.4 is 9.64 Å². The van der Waals surface area contributed by atoms with Crippen molar-refractivity contribution in [1.29, 1.82) is 0 Å². The molecule has 0 bridgehead atoms. The summed E-state index contributed by atoms with van der Waals surface area (Å²) in [6, 6.07) is 9.07. The number of amides is 1. The number of nitrogens with zero attached hydrogens (tertiary/aromatic N) is 5. The van der Waals surface area contributed by atoms with Gasteiger partial charge in [-0.3, -0.25) is 4.79 Å². The number of carbonyl (C=O) groups excluding carboxylic acids is 1. The molecule has 0 aliphatic carbocycles. The highest BCUT2D eigenvalue weighted by atomic mass is 35.5. The molecule has 1 saturated heterocycles. The van der Waals surface area contributed by atoms with Crippen molar-refractivity contribution < 1.29 is 18.7 Å². The van der Waals surface area contributed by atoms with Crippen LogP contribution in [0.25, 0.3) is 0 Å². The van der Waals surface area contributed by atoms with Gasteiger partial charge in [-0.1, -0.05) is 11.6 Å². The van der Waals surface area contributed by atoms with E-state index in [9.17, 15) is 9.18 Å². The van der Waals surface area contributed by atoms with Crippen molar-refractivity contribution in [3.8, 4) is 11.6 Å². The van der Waals surface area contributed by atoms with Gasteiger partial charge in [0, 0.05) is 32.3 Å². The maximum Gasteiger partial charge on any atom is 0.257 e. The third-order valence-corrected chi connectivity index (χ3v) is 5.91. The average molecular weight is 470 g/mol. The van der Waals surface area contributed by atoms with E-state index in [-0.39, 0.29) is 23.4 Å². The Bertz CT molecular complexity index is 1170. The van der Waals surface area contributed by atoms with Gasteiger partial charge >= 0.3 is 0 Å². The van der Waals surface area contributed by atoms with Crippen molar-refractivity contribution in [2.24, 2.45) is 0 Å². The van der Waals surface area contributed by atoms with Gasteiger partial charge in [-0.15, -0.1) is 0 Å². The van der Waals surface area contributed by atoms with Crippen LogP contribution >= 0.6 is 11.6 Å². The van der Waals surface area contributed by atoms with Crippen molar-refractivity contribution in [3.05, 3.63) is 70.4 Å². The summed E-state index contributed by atoms with van der Waals surface area (Å²) >= 11 is 6.14. The number of morpholine rings is 1. The summed E-state index contributed by atoms with van der Waals surface area (Å²) in [6.45, 7) is 3.30. The fraction of sp³-hybridized carbons (Fsp3) is 0.304. The van der Waals surface area contributed by atoms with Crippen LogP contribution in [0, 0.1) is 5.82 Å². The first-order valence-electron chi connectivity index (χ1n) is 10.6. The molecule has 1 aromatic carbocycles. The molecule has 170 valence electrons. The first kappa shape index (κ1) is 21.5. The highest BCUT2D eigenvalue weighted by molar-refractivity contribution is 6.32. The zero-order valence-corrected chi connectivity index (χ0v) is 18.5. The molecule has 4 heterocycles. The van der Waals surface area contributed by atoms with Crippen LogP contribution in [0.2, 0.25) is 5.15 Å². The fourth-order valence-corrected chi connectivity index (χ4v) is 4.06. The van der Waals surface area contributed by atoms with Crippen molar-refractivity contribution in [2.45, 2.75) is 13.0 Å². The monoisotopic (exact) mass is 469 g/mol. The number of halogens is 2. The number of hydrogen-bond acceptors (Lipinski definition) is 7. The molecule has 10 heteroatoms. The molecule has 0 saturated carbocycles. The van der Waals surface area contributed by atoms with Crippen molar-refractivity contribution in [2.75, 3.05) is 37.7 Å². The number of rotatable bonds is 4. The molecule has 2 aliphatic heterocycles. The van der Waals surface area contributed by atoms with E-state index in [0.717, 1.165) is 11.3 Å². The molecule has 0 atom stereocenters. The Kier molecular flexibility index (Phi) is 6.06. The number of hydrogen-bond donors (Lipinski definition) is 0. The Morgan fingerprint density at radius 1 is 1.09 bits per heavy atom. The second kappa shape index (κ2) is 9.29. The summed E-state index contributed by atoms with van der Waals surface area (Å²) in [5.41, 5.74) is 1.88. The van der Waals surface area contributed by atoms with Gasteiger partial charge in [0.05, 0.1) is 36.6 Å². The topological polar surface area (TPSA) is 80.7 Å². The van der Waals surface area contributed by atoms with Crippen LogP contribution in [0.3, 0.4) is 0 Å². The Morgan fingerprint density at radius 2 is 1.88 bits per heavy atom. The van der Waals surface area contributed by atoms with Crippen LogP contribution in [0.1, 0.15) is 21.6 Å². The molecule has 5 rings (SSSR count). The van der Waals surface area contributed by atoms with Gasteiger partial charge < -0.3 is 19.3 Å². The van der Waals surface area contributed by atoms with Crippen molar-refractivity contribution >= 4 is 23.5 Å². The van der Waals surface area contributed by atoms with E-state index in [4.69, 9.17) is 26.1 Å². The number of aromatic nitrogens is 3. The largest absolute Gasteiger partial charge is 0.438 e. The van der Waals surface area contributed by atoms with E-state index in [1.807, 2.05) is 4.90 Å². The van der Waals surface area contributed by atoms with Crippen LogP contribution in [0.15, 0.2) is 42.6 Å². The number of fused-ring (bicyclic) bond motifs is 1. The number of pyridine rings is 1. The molecule has 1 amide bonds. The first-order valence-corrected chi connectivity index (χ1v) is 11.0. The third-order valence-electron chi connectivity index (χ3n) is 5.61. The van der Waals surface area contributed by atoms with E-state index < -0.39 is 0 Å². The fourth-order valence-electron chi connectivity index (χ4n) is 3.86. The Labute approximate surface area is 194 Å². The lowest BCUT2D eigenvalue weighted by Gasteiger charge is -2.32. The normalized spacial score (nSPS) is 15.8. The Hall–Kier alpha value is -3.30. The first-order chi connectivity index (χ1) is 16.1. The van der Waals surface area contributed by atoms with Gasteiger partial charge in [0.2, 0.25) is 11.8 Å². The molecule has 3 aromatic rings. The number of ether oxygens (including phenoxy) is 2. The summed E-state index contributed by atoms with van der Waals surface area (Å²) in [6.07, 6.45) is 2.08. The van der Waals surface area contributed by atoms with Gasteiger partial charge in [-0.25, -0.2) is 14.4 Å². The number of anilines is 1. The van der Waals surface area contributed by atoms with Crippen LogP contribution in [-0.2, 0) is 17.7 Å². The molecule has 1 fully saturated rings. The molecule has 2 aliphatic rings. The van der Waals surface area contributed by atoms with Crippen LogP contribution in [0.4, 0.5) is 10.3 Å². The molecule has 0 spiro atoms. The van der Waals surface area contributed by atoms with E-state index >= 15 is 0 Å². The molecule has 0 radical (unpaired) electrons. The summed E-state index contributed by atoms with van der Waals surface area (Å²) < 4.78 is 24.9. The Morgan fingerprint density at radius 3 is 2.64 bits per heavy atom. The molecule has 0 unspecified atom stereocenters. The lowest BCUT2D eigenvalue weighted by Crippen LogP contribution is -2.39. The van der Waals surface area contributed by atoms with E-state index in [0.29, 0.717) is 62.4 Å². The SMILES string of the molecule is O=C(c1cccnc1Cl)N1CCc2nc(N3CCOCC3)nc(Oc3ccc(F)cc3)c2C1. The van der Waals surface area contributed by atoms with E-state index in [1.54, 1.807) is 35.4 Å². The predicted octanol–water partition coefficient (Wildman–Crippen LogP) is 3.49. The second-order valence-corrected chi connectivity index (χ2v) is 8.09. The molecule has 2 aromatic heterocycles. The average Bonchev–Trinajstić information content (AvgIpc) is 2.85. The zero-order valence-electron chi connectivity index (χ0n) is 17.7. The molecule has 33 heavy (non-hydrogen) atoms. The summed E-state index contributed by atoms with van der Waals surface area (Å²) in [4.78, 5) is 30.3. The summed E-state index contributed by atoms with van der Waals surface area (Å²) in [5, 5.41) is 0.162. The molecule has 8 nitrogen and oxygen atoms in total. The highest BCUT2D eigenvalue weighted by Gasteiger charge is 2.29. The van der Waals surface area contributed by atoms with Gasteiger partial charge in [0.15, 0.2) is 0 Å². The van der Waals surface area contributed by atoms with Crippen molar-refractivity contribution in [1.82, 2.24) is 19.9 Å². The number of benzene rings is 1. The second-order valence-electron chi connectivity index (χ2n) is 7.73. The quantitative estimate of drug-likeness (QED) is 0.541. The molecule has 0 N–H and O–H groups in total. The summed E-state index contributed by atoms with van der Waals surface area (Å²) in [5.74, 6) is 0.783. The predicted molar refractivity (Wildman–Crippen MR) is 119 cm³/mol. The van der Waals surface area contributed by atoms with Crippen LogP contribution in [0.5, 0.6) is 11.6 Å².